The summed E-state index contributed by atoms with van der Waals surface area (Å²) in [6.45, 7) is 5.19. The van der Waals surface area contributed by atoms with Crippen molar-refractivity contribution in [2.45, 2.75) is 32.4 Å². The van der Waals surface area contributed by atoms with Crippen molar-refractivity contribution >= 4 is 5.82 Å². The highest BCUT2D eigenvalue weighted by Crippen LogP contribution is 2.18. The molecule has 2 rings (SSSR count). The van der Waals surface area contributed by atoms with E-state index >= 15 is 0 Å². The van der Waals surface area contributed by atoms with E-state index in [2.05, 4.69) is 14.9 Å². The highest BCUT2D eigenvalue weighted by atomic mass is 16.5. The number of anilines is 1. The second-order valence-corrected chi connectivity index (χ2v) is 4.24. The Kier molecular flexibility index (Phi) is 4.28. The van der Waals surface area contributed by atoms with Gasteiger partial charge in [0.25, 0.3) is 0 Å². The molecule has 2 heterocycles. The lowest BCUT2D eigenvalue weighted by atomic mass is 10.1. The zero-order chi connectivity index (χ0) is 12.1. The number of hydrogen-bond donors (Lipinski definition) is 1. The predicted octanol–water partition coefficient (Wildman–Crippen LogP) is 0.941. The molecule has 94 valence electrons. The Morgan fingerprint density at radius 2 is 2.35 bits per heavy atom. The number of aromatic nitrogens is 2. The van der Waals surface area contributed by atoms with Crippen LogP contribution in [0.15, 0.2) is 12.4 Å². The largest absolute Gasteiger partial charge is 0.377 e. The summed E-state index contributed by atoms with van der Waals surface area (Å²) in [5.41, 5.74) is 6.33. The Balaban J connectivity index is 2.00. The normalized spacial score (nSPS) is 20.6. The molecule has 1 aromatic rings. The molecule has 1 atom stereocenters. The molecule has 1 unspecified atom stereocenters. The van der Waals surface area contributed by atoms with Gasteiger partial charge in [-0.15, -0.1) is 0 Å². The Morgan fingerprint density at radius 3 is 3.00 bits per heavy atom. The lowest BCUT2D eigenvalue weighted by Crippen LogP contribution is -2.40. The standard InChI is InChI=1S/C12H20N4O/c1-2-17-11-4-3-5-16(9-11)12-8-14-10(6-13)7-15-12/h7-8,11H,2-6,9,13H2,1H3. The number of hydrogen-bond acceptors (Lipinski definition) is 5. The van der Waals surface area contributed by atoms with E-state index in [1.54, 1.807) is 12.4 Å². The van der Waals surface area contributed by atoms with Crippen LogP contribution in [0.5, 0.6) is 0 Å². The smallest absolute Gasteiger partial charge is 0.147 e. The molecule has 1 saturated heterocycles. The van der Waals surface area contributed by atoms with Crippen LogP contribution in [-0.2, 0) is 11.3 Å². The molecule has 0 amide bonds. The van der Waals surface area contributed by atoms with Crippen molar-refractivity contribution in [1.29, 1.82) is 0 Å². The van der Waals surface area contributed by atoms with Gasteiger partial charge >= 0.3 is 0 Å². The Hall–Kier alpha value is -1.20. The Labute approximate surface area is 102 Å². The van der Waals surface area contributed by atoms with E-state index in [-0.39, 0.29) is 0 Å². The third-order valence-electron chi connectivity index (χ3n) is 3.01. The number of piperidine rings is 1. The maximum Gasteiger partial charge on any atom is 0.147 e. The molecule has 1 aliphatic rings. The van der Waals surface area contributed by atoms with E-state index in [4.69, 9.17) is 10.5 Å². The van der Waals surface area contributed by atoms with Crippen LogP contribution >= 0.6 is 0 Å². The summed E-state index contributed by atoms with van der Waals surface area (Å²) in [4.78, 5) is 10.9. The molecule has 0 aliphatic carbocycles. The topological polar surface area (TPSA) is 64.3 Å². The molecule has 0 spiro atoms. The molecule has 0 aromatic carbocycles. The van der Waals surface area contributed by atoms with Gasteiger partial charge in [0, 0.05) is 26.2 Å². The van der Waals surface area contributed by atoms with E-state index in [1.165, 1.54) is 0 Å². The molecule has 1 fully saturated rings. The average Bonchev–Trinajstić information content (AvgIpc) is 2.40. The van der Waals surface area contributed by atoms with E-state index in [9.17, 15) is 0 Å². The summed E-state index contributed by atoms with van der Waals surface area (Å²) in [5.74, 6) is 0.923. The van der Waals surface area contributed by atoms with Crippen molar-refractivity contribution in [2.75, 3.05) is 24.6 Å². The van der Waals surface area contributed by atoms with Crippen molar-refractivity contribution in [1.82, 2.24) is 9.97 Å². The summed E-state index contributed by atoms with van der Waals surface area (Å²) in [6.07, 6.45) is 6.16. The van der Waals surface area contributed by atoms with E-state index in [0.29, 0.717) is 12.6 Å². The van der Waals surface area contributed by atoms with Gasteiger partial charge in [-0.25, -0.2) is 4.98 Å². The first kappa shape index (κ1) is 12.3. The minimum absolute atomic E-state index is 0.324. The van der Waals surface area contributed by atoms with Crippen molar-refractivity contribution in [3.8, 4) is 0 Å². The molecule has 0 radical (unpaired) electrons. The van der Waals surface area contributed by atoms with Crippen molar-refractivity contribution in [2.24, 2.45) is 5.73 Å². The van der Waals surface area contributed by atoms with E-state index in [1.807, 2.05) is 6.92 Å². The fraction of sp³-hybridized carbons (Fsp3) is 0.667. The molecular weight excluding hydrogens is 216 g/mol. The second-order valence-electron chi connectivity index (χ2n) is 4.24. The lowest BCUT2D eigenvalue weighted by Gasteiger charge is -2.33. The van der Waals surface area contributed by atoms with Crippen LogP contribution in [0.1, 0.15) is 25.5 Å². The maximum absolute atomic E-state index is 5.67. The van der Waals surface area contributed by atoms with Gasteiger partial charge in [0.15, 0.2) is 0 Å². The summed E-state index contributed by atoms with van der Waals surface area (Å²) in [5, 5.41) is 0. The number of nitrogens with two attached hydrogens (primary N) is 1. The van der Waals surface area contributed by atoms with Crippen molar-refractivity contribution < 1.29 is 4.74 Å². The Bertz CT molecular complexity index is 339. The average molecular weight is 236 g/mol. The minimum Gasteiger partial charge on any atom is -0.377 e. The molecule has 2 N–H and O–H groups in total. The quantitative estimate of drug-likeness (QED) is 0.843. The Morgan fingerprint density at radius 1 is 1.47 bits per heavy atom. The fourth-order valence-corrected chi connectivity index (χ4v) is 2.13. The van der Waals surface area contributed by atoms with Gasteiger partial charge < -0.3 is 15.4 Å². The summed E-state index contributed by atoms with van der Waals surface area (Å²) in [6, 6.07) is 0. The van der Waals surface area contributed by atoms with Gasteiger partial charge in [-0.3, -0.25) is 4.98 Å². The van der Waals surface area contributed by atoms with Crippen LogP contribution in [0.25, 0.3) is 0 Å². The van der Waals surface area contributed by atoms with E-state index in [0.717, 1.165) is 44.0 Å². The highest BCUT2D eigenvalue weighted by molar-refractivity contribution is 5.36. The van der Waals surface area contributed by atoms with Crippen LogP contribution < -0.4 is 10.6 Å². The molecule has 1 aliphatic heterocycles. The molecule has 0 bridgehead atoms. The molecular formula is C12H20N4O. The third-order valence-corrected chi connectivity index (χ3v) is 3.01. The summed E-state index contributed by atoms with van der Waals surface area (Å²) in [7, 11) is 0. The van der Waals surface area contributed by atoms with Gasteiger partial charge in [-0.1, -0.05) is 0 Å². The van der Waals surface area contributed by atoms with Gasteiger partial charge in [-0.2, -0.15) is 0 Å². The molecule has 5 nitrogen and oxygen atoms in total. The monoisotopic (exact) mass is 236 g/mol. The predicted molar refractivity (Wildman–Crippen MR) is 66.8 cm³/mol. The third kappa shape index (κ3) is 3.14. The molecule has 0 saturated carbocycles. The number of ether oxygens (including phenoxy) is 1. The van der Waals surface area contributed by atoms with Gasteiger partial charge in [0.05, 0.1) is 24.2 Å². The second kappa shape index (κ2) is 5.93. The van der Waals surface area contributed by atoms with Crippen molar-refractivity contribution in [3.63, 3.8) is 0 Å². The summed E-state index contributed by atoms with van der Waals surface area (Å²) < 4.78 is 5.67. The lowest BCUT2D eigenvalue weighted by molar-refractivity contribution is 0.0525. The summed E-state index contributed by atoms with van der Waals surface area (Å²) >= 11 is 0. The van der Waals surface area contributed by atoms with Crippen LogP contribution in [0.3, 0.4) is 0 Å². The first-order valence-electron chi connectivity index (χ1n) is 6.21. The maximum atomic E-state index is 5.67. The molecule has 1 aromatic heterocycles. The zero-order valence-electron chi connectivity index (χ0n) is 10.3. The SMILES string of the molecule is CCOC1CCCN(c2cnc(CN)cn2)C1. The van der Waals surface area contributed by atoms with E-state index < -0.39 is 0 Å². The molecule has 17 heavy (non-hydrogen) atoms. The van der Waals surface area contributed by atoms with Gasteiger partial charge in [0.1, 0.15) is 5.82 Å². The first-order chi connectivity index (χ1) is 8.33. The van der Waals surface area contributed by atoms with Gasteiger partial charge in [0.2, 0.25) is 0 Å². The van der Waals surface area contributed by atoms with Crippen LogP contribution in [0.2, 0.25) is 0 Å². The number of rotatable bonds is 4. The first-order valence-corrected chi connectivity index (χ1v) is 6.21. The minimum atomic E-state index is 0.324. The van der Waals surface area contributed by atoms with Gasteiger partial charge in [-0.05, 0) is 19.8 Å². The zero-order valence-corrected chi connectivity index (χ0v) is 10.3. The van der Waals surface area contributed by atoms with Crippen molar-refractivity contribution in [3.05, 3.63) is 18.1 Å². The fourth-order valence-electron chi connectivity index (χ4n) is 2.13. The number of nitrogens with zero attached hydrogens (tertiary/aromatic N) is 3. The van der Waals surface area contributed by atoms with Crippen LogP contribution in [0.4, 0.5) is 5.82 Å². The highest BCUT2D eigenvalue weighted by Gasteiger charge is 2.21. The van der Waals surface area contributed by atoms with Crippen LogP contribution in [0, 0.1) is 0 Å². The molecule has 5 heteroatoms. The van der Waals surface area contributed by atoms with Crippen LogP contribution in [-0.4, -0.2) is 35.8 Å².